The Balaban J connectivity index is 4.38. The van der Waals surface area contributed by atoms with Crippen LogP contribution in [0.1, 0.15) is 174 Å². The number of phosphoric ester groups is 1. The summed E-state index contributed by atoms with van der Waals surface area (Å²) in [5.74, 6) is -0.347. The SMILES string of the molecule is CCCCC/C=C\C/C=C\C/C=C\C/C=C\CCCC(=O)OCC(COP(=O)([O-])OCC[N+](C)(C)C)O/C=C\CCCCCCCCCCCCCCCC. The topological polar surface area (TPSA) is 94.1 Å². The van der Waals surface area contributed by atoms with Crippen molar-refractivity contribution in [1.29, 1.82) is 0 Å². The highest BCUT2D eigenvalue weighted by atomic mass is 31.2. The van der Waals surface area contributed by atoms with Crippen LogP contribution in [0.15, 0.2) is 60.9 Å². The minimum atomic E-state index is -4.53. The zero-order valence-corrected chi connectivity index (χ0v) is 37.0. The Morgan fingerprint density at radius 1 is 0.582 bits per heavy atom. The number of carbonyl (C=O) groups is 1. The number of unbranched alkanes of at least 4 members (excludes halogenated alkanes) is 18. The average molecular weight is 794 g/mol. The second-order valence-corrected chi connectivity index (χ2v) is 17.2. The Hall–Kier alpha value is -1.96. The molecule has 0 fully saturated rings. The third-order valence-electron chi connectivity index (χ3n) is 9.16. The van der Waals surface area contributed by atoms with Crippen molar-refractivity contribution in [2.75, 3.05) is 47.5 Å². The molecule has 0 radical (unpaired) electrons. The van der Waals surface area contributed by atoms with Crippen molar-refractivity contribution in [3.8, 4) is 0 Å². The molecule has 0 aliphatic rings. The van der Waals surface area contributed by atoms with E-state index < -0.39 is 13.9 Å². The molecule has 0 spiro atoms. The normalized spacial score (nSPS) is 14.3. The van der Waals surface area contributed by atoms with Crippen LogP contribution in [-0.2, 0) is 27.9 Å². The molecular formula is C46H84NO7P. The summed E-state index contributed by atoms with van der Waals surface area (Å²) in [7, 11) is 1.33. The third-order valence-corrected chi connectivity index (χ3v) is 10.1. The van der Waals surface area contributed by atoms with E-state index in [1.165, 1.54) is 109 Å². The summed E-state index contributed by atoms with van der Waals surface area (Å²) >= 11 is 0. The zero-order chi connectivity index (χ0) is 40.6. The van der Waals surface area contributed by atoms with E-state index >= 15 is 0 Å². The molecule has 0 aliphatic heterocycles. The highest BCUT2D eigenvalue weighted by Crippen LogP contribution is 2.38. The lowest BCUT2D eigenvalue weighted by Crippen LogP contribution is -2.37. The van der Waals surface area contributed by atoms with Gasteiger partial charge >= 0.3 is 5.97 Å². The Bertz CT molecular complexity index is 1060. The Kier molecular flexibility index (Phi) is 37.5. The largest absolute Gasteiger partial charge is 0.756 e. The van der Waals surface area contributed by atoms with Crippen LogP contribution >= 0.6 is 7.82 Å². The Morgan fingerprint density at radius 2 is 1.02 bits per heavy atom. The fraction of sp³-hybridized carbons (Fsp3) is 0.761. The summed E-state index contributed by atoms with van der Waals surface area (Å²) in [6.07, 6.45) is 49.1. The predicted molar refractivity (Wildman–Crippen MR) is 231 cm³/mol. The maximum absolute atomic E-state index is 12.5. The van der Waals surface area contributed by atoms with Gasteiger partial charge in [-0.05, 0) is 63.9 Å². The first-order valence-corrected chi connectivity index (χ1v) is 23.5. The van der Waals surface area contributed by atoms with E-state index in [0.29, 0.717) is 17.4 Å². The van der Waals surface area contributed by atoms with Gasteiger partial charge in [-0.2, -0.15) is 0 Å². The summed E-state index contributed by atoms with van der Waals surface area (Å²) < 4.78 is 34.3. The fourth-order valence-electron chi connectivity index (χ4n) is 5.64. The number of nitrogens with zero attached hydrogens (tertiary/aromatic N) is 1. The molecule has 55 heavy (non-hydrogen) atoms. The van der Waals surface area contributed by atoms with Gasteiger partial charge in [0.2, 0.25) is 0 Å². The molecule has 0 saturated carbocycles. The summed E-state index contributed by atoms with van der Waals surface area (Å²) in [4.78, 5) is 24.8. The maximum Gasteiger partial charge on any atom is 0.305 e. The van der Waals surface area contributed by atoms with Crippen molar-refractivity contribution in [1.82, 2.24) is 0 Å². The molecular weight excluding hydrogens is 709 g/mol. The van der Waals surface area contributed by atoms with Crippen molar-refractivity contribution in [3.05, 3.63) is 60.9 Å². The average Bonchev–Trinajstić information content (AvgIpc) is 3.14. The molecule has 0 bridgehead atoms. The minimum absolute atomic E-state index is 0.0172. The van der Waals surface area contributed by atoms with E-state index in [0.717, 1.165) is 38.5 Å². The van der Waals surface area contributed by atoms with Gasteiger partial charge in [-0.15, -0.1) is 0 Å². The molecule has 2 atom stereocenters. The van der Waals surface area contributed by atoms with Gasteiger partial charge in [0.25, 0.3) is 7.82 Å². The number of likely N-dealkylation sites (N-methyl/N-ethyl adjacent to an activating group) is 1. The van der Waals surface area contributed by atoms with Gasteiger partial charge in [0, 0.05) is 6.42 Å². The molecule has 9 heteroatoms. The van der Waals surface area contributed by atoms with Gasteiger partial charge in [0.1, 0.15) is 19.8 Å². The van der Waals surface area contributed by atoms with E-state index in [9.17, 15) is 14.3 Å². The highest BCUT2D eigenvalue weighted by Gasteiger charge is 2.19. The zero-order valence-electron chi connectivity index (χ0n) is 36.1. The van der Waals surface area contributed by atoms with E-state index in [1.54, 1.807) is 6.26 Å². The molecule has 0 aliphatic carbocycles. The van der Waals surface area contributed by atoms with Gasteiger partial charge in [0.15, 0.2) is 6.10 Å². The smallest absolute Gasteiger partial charge is 0.305 e. The van der Waals surface area contributed by atoms with E-state index in [4.69, 9.17) is 18.5 Å². The van der Waals surface area contributed by atoms with Crippen molar-refractivity contribution in [2.24, 2.45) is 0 Å². The summed E-state index contributed by atoms with van der Waals surface area (Å²) in [5, 5.41) is 0. The lowest BCUT2D eigenvalue weighted by molar-refractivity contribution is -0.870. The number of allylic oxidation sites excluding steroid dienone is 9. The summed E-state index contributed by atoms with van der Waals surface area (Å²) in [6.45, 7) is 4.62. The Labute approximate surface area is 339 Å². The number of rotatable bonds is 40. The van der Waals surface area contributed by atoms with Crippen molar-refractivity contribution >= 4 is 13.8 Å². The van der Waals surface area contributed by atoms with Gasteiger partial charge in [0.05, 0.1) is 34.0 Å². The number of hydrogen-bond donors (Lipinski definition) is 0. The van der Waals surface area contributed by atoms with Gasteiger partial charge in [-0.3, -0.25) is 9.36 Å². The number of ether oxygens (including phenoxy) is 2. The number of hydrogen-bond acceptors (Lipinski definition) is 7. The number of phosphoric acid groups is 1. The van der Waals surface area contributed by atoms with Crippen LogP contribution < -0.4 is 4.89 Å². The van der Waals surface area contributed by atoms with Crippen LogP contribution in [0.25, 0.3) is 0 Å². The fourth-order valence-corrected chi connectivity index (χ4v) is 6.37. The summed E-state index contributed by atoms with van der Waals surface area (Å²) in [5.41, 5.74) is 0. The van der Waals surface area contributed by atoms with Gasteiger partial charge in [-0.25, -0.2) is 0 Å². The van der Waals surface area contributed by atoms with E-state index in [1.807, 2.05) is 27.2 Å². The molecule has 0 heterocycles. The van der Waals surface area contributed by atoms with Crippen LogP contribution in [0.4, 0.5) is 0 Å². The molecule has 0 aromatic carbocycles. The molecule has 0 saturated heterocycles. The molecule has 0 aromatic heterocycles. The summed E-state index contributed by atoms with van der Waals surface area (Å²) in [6, 6.07) is 0. The van der Waals surface area contributed by atoms with Crippen LogP contribution in [0, 0.1) is 0 Å². The van der Waals surface area contributed by atoms with Crippen LogP contribution in [0.3, 0.4) is 0 Å². The van der Waals surface area contributed by atoms with Crippen LogP contribution in [-0.4, -0.2) is 64.1 Å². The molecule has 0 aromatic rings. The second kappa shape index (κ2) is 38.9. The van der Waals surface area contributed by atoms with Crippen molar-refractivity contribution in [3.63, 3.8) is 0 Å². The number of carbonyl (C=O) groups excluding carboxylic acids is 1. The number of esters is 1. The first kappa shape index (κ1) is 53.0. The first-order valence-electron chi connectivity index (χ1n) is 22.1. The van der Waals surface area contributed by atoms with Crippen molar-refractivity contribution in [2.45, 2.75) is 180 Å². The molecule has 2 unspecified atom stereocenters. The third kappa shape index (κ3) is 43.0. The van der Waals surface area contributed by atoms with E-state index in [2.05, 4.69) is 62.5 Å². The predicted octanol–water partition coefficient (Wildman–Crippen LogP) is 12.7. The number of quaternary nitrogens is 1. The molecule has 8 nitrogen and oxygen atoms in total. The maximum atomic E-state index is 12.5. The lowest BCUT2D eigenvalue weighted by Gasteiger charge is -2.28. The van der Waals surface area contributed by atoms with Crippen LogP contribution in [0.2, 0.25) is 0 Å². The van der Waals surface area contributed by atoms with Crippen molar-refractivity contribution < 1.29 is 37.3 Å². The van der Waals surface area contributed by atoms with Gasteiger partial charge in [-0.1, -0.05) is 159 Å². The van der Waals surface area contributed by atoms with E-state index in [-0.39, 0.29) is 32.2 Å². The van der Waals surface area contributed by atoms with Crippen LogP contribution in [0.5, 0.6) is 0 Å². The quantitative estimate of drug-likeness (QED) is 0.0152. The minimum Gasteiger partial charge on any atom is -0.756 e. The molecule has 320 valence electrons. The molecule has 0 amide bonds. The standard InChI is InChI=1S/C46H84NO7P/c1-6-8-10-12-14-16-18-20-22-24-25-27-29-31-33-35-37-39-46(48)52-43-45(44-54-55(49,50)53-42-40-47(3,4)5)51-41-38-36-34-32-30-28-26-23-21-19-17-15-13-11-9-7-2/h14,16,20,22,25,27,31,33,38,41,45H,6-13,15,17-19,21,23-24,26,28-30,32,34-37,39-40,42-44H2,1-5H3/b16-14-,22-20-,27-25-,33-31-,41-38-. The lowest BCUT2D eigenvalue weighted by atomic mass is 10.0. The molecule has 0 N–H and O–H groups in total. The highest BCUT2D eigenvalue weighted by molar-refractivity contribution is 7.45. The first-order chi connectivity index (χ1) is 26.6. The Morgan fingerprint density at radius 3 is 1.55 bits per heavy atom. The van der Waals surface area contributed by atoms with Gasteiger partial charge < -0.3 is 27.9 Å². The monoisotopic (exact) mass is 794 g/mol. The molecule has 0 rings (SSSR count). The second-order valence-electron chi connectivity index (χ2n) is 15.8.